The normalized spacial score (nSPS) is 33.5. The predicted octanol–water partition coefficient (Wildman–Crippen LogP) is 1.54. The van der Waals surface area contributed by atoms with Gasteiger partial charge in [0.15, 0.2) is 0 Å². The summed E-state index contributed by atoms with van der Waals surface area (Å²) >= 11 is 0. The number of hydrogen-bond acceptors (Lipinski definition) is 3. The molecule has 0 bridgehead atoms. The van der Waals surface area contributed by atoms with E-state index in [1.165, 1.54) is 64.7 Å². The lowest BCUT2D eigenvalue weighted by atomic mass is 10.0. The zero-order valence-corrected chi connectivity index (χ0v) is 11.6. The molecule has 0 aliphatic carbocycles. The third-order valence-corrected chi connectivity index (χ3v) is 4.52. The minimum Gasteiger partial charge on any atom is -0.312 e. The lowest BCUT2D eigenvalue weighted by molar-refractivity contribution is 0.176. The molecule has 0 radical (unpaired) electrons. The molecule has 0 amide bonds. The van der Waals surface area contributed by atoms with Gasteiger partial charge in [-0.15, -0.1) is 0 Å². The van der Waals surface area contributed by atoms with Crippen molar-refractivity contribution in [2.24, 2.45) is 0 Å². The second-order valence-corrected chi connectivity index (χ2v) is 5.97. The third kappa shape index (κ3) is 4.23. The molecular weight excluding hydrogens is 210 g/mol. The molecule has 1 N–H and O–H groups in total. The largest absolute Gasteiger partial charge is 0.312 e. The fourth-order valence-electron chi connectivity index (χ4n) is 3.15. The Balaban J connectivity index is 1.69. The Kier molecular flexibility index (Phi) is 5.26. The summed E-state index contributed by atoms with van der Waals surface area (Å²) in [4.78, 5) is 5.01. The van der Waals surface area contributed by atoms with Crippen LogP contribution in [-0.2, 0) is 0 Å². The Morgan fingerprint density at radius 3 is 2.65 bits per heavy atom. The van der Waals surface area contributed by atoms with Crippen LogP contribution < -0.4 is 5.32 Å². The van der Waals surface area contributed by atoms with Crippen LogP contribution in [0.1, 0.15) is 38.5 Å². The molecule has 2 atom stereocenters. The topological polar surface area (TPSA) is 18.5 Å². The van der Waals surface area contributed by atoms with E-state index in [0.29, 0.717) is 0 Å². The van der Waals surface area contributed by atoms with Crippen LogP contribution in [0.15, 0.2) is 0 Å². The lowest BCUT2D eigenvalue weighted by Gasteiger charge is -2.33. The number of likely N-dealkylation sites (N-methyl/N-ethyl adjacent to an activating group) is 1. The fourth-order valence-corrected chi connectivity index (χ4v) is 3.15. The van der Waals surface area contributed by atoms with Crippen molar-refractivity contribution < 1.29 is 0 Å². The highest BCUT2D eigenvalue weighted by Crippen LogP contribution is 2.15. The zero-order chi connectivity index (χ0) is 12.1. The van der Waals surface area contributed by atoms with Crippen LogP contribution in [0, 0.1) is 0 Å². The standard InChI is InChI=1S/C14H29N3/c1-16-9-5-6-13(8-11-16)15-12-14-7-3-4-10-17(14)2/h13-15H,3-12H2,1-2H3. The molecule has 2 heterocycles. The highest BCUT2D eigenvalue weighted by Gasteiger charge is 2.20. The lowest BCUT2D eigenvalue weighted by Crippen LogP contribution is -2.45. The molecule has 2 rings (SSSR count). The maximum Gasteiger partial charge on any atom is 0.0217 e. The number of nitrogens with one attached hydrogen (secondary N) is 1. The number of likely N-dealkylation sites (tertiary alicyclic amines) is 2. The number of piperidine rings is 1. The van der Waals surface area contributed by atoms with Crippen molar-refractivity contribution in [3.05, 3.63) is 0 Å². The van der Waals surface area contributed by atoms with Gasteiger partial charge in [0.05, 0.1) is 0 Å². The van der Waals surface area contributed by atoms with Gasteiger partial charge in [0, 0.05) is 18.6 Å². The Bertz CT molecular complexity index is 220. The summed E-state index contributed by atoms with van der Waals surface area (Å²) in [6.07, 6.45) is 8.24. The summed E-state index contributed by atoms with van der Waals surface area (Å²) in [5.74, 6) is 0. The molecule has 2 unspecified atom stereocenters. The second-order valence-electron chi connectivity index (χ2n) is 5.97. The van der Waals surface area contributed by atoms with Crippen molar-refractivity contribution in [2.75, 3.05) is 40.3 Å². The molecule has 3 heteroatoms. The Morgan fingerprint density at radius 2 is 1.82 bits per heavy atom. The average molecular weight is 239 g/mol. The van der Waals surface area contributed by atoms with Crippen LogP contribution in [0.2, 0.25) is 0 Å². The van der Waals surface area contributed by atoms with E-state index in [9.17, 15) is 0 Å². The van der Waals surface area contributed by atoms with Crippen molar-refractivity contribution in [1.82, 2.24) is 15.1 Å². The summed E-state index contributed by atoms with van der Waals surface area (Å²) in [5, 5.41) is 3.81. The van der Waals surface area contributed by atoms with Crippen molar-refractivity contribution in [3.63, 3.8) is 0 Å². The summed E-state index contributed by atoms with van der Waals surface area (Å²) in [6, 6.07) is 1.54. The first-order valence-corrected chi connectivity index (χ1v) is 7.38. The molecule has 0 aromatic heterocycles. The maximum absolute atomic E-state index is 3.81. The third-order valence-electron chi connectivity index (χ3n) is 4.52. The van der Waals surface area contributed by atoms with Crippen LogP contribution in [0.5, 0.6) is 0 Å². The smallest absolute Gasteiger partial charge is 0.0217 e. The molecule has 17 heavy (non-hydrogen) atoms. The zero-order valence-electron chi connectivity index (χ0n) is 11.6. The van der Waals surface area contributed by atoms with Crippen LogP contribution in [-0.4, -0.2) is 62.2 Å². The van der Waals surface area contributed by atoms with E-state index < -0.39 is 0 Å². The number of nitrogens with zero attached hydrogens (tertiary/aromatic N) is 2. The average Bonchev–Trinajstić information content (AvgIpc) is 2.53. The van der Waals surface area contributed by atoms with Crippen molar-refractivity contribution in [3.8, 4) is 0 Å². The molecule has 2 saturated heterocycles. The molecule has 100 valence electrons. The number of rotatable bonds is 3. The van der Waals surface area contributed by atoms with Crippen LogP contribution in [0.4, 0.5) is 0 Å². The van der Waals surface area contributed by atoms with Gasteiger partial charge in [-0.1, -0.05) is 6.42 Å². The Hall–Kier alpha value is -0.120. The van der Waals surface area contributed by atoms with E-state index in [1.54, 1.807) is 0 Å². The van der Waals surface area contributed by atoms with Gasteiger partial charge in [0.2, 0.25) is 0 Å². The Morgan fingerprint density at radius 1 is 0.941 bits per heavy atom. The first-order valence-electron chi connectivity index (χ1n) is 7.38. The van der Waals surface area contributed by atoms with E-state index in [2.05, 4.69) is 29.2 Å². The van der Waals surface area contributed by atoms with Gasteiger partial charge in [-0.2, -0.15) is 0 Å². The predicted molar refractivity (Wildman–Crippen MR) is 73.4 cm³/mol. The summed E-state index contributed by atoms with van der Waals surface area (Å²) in [7, 11) is 4.53. The minimum atomic E-state index is 0.760. The summed E-state index contributed by atoms with van der Waals surface area (Å²) in [5.41, 5.74) is 0. The summed E-state index contributed by atoms with van der Waals surface area (Å²) in [6.45, 7) is 5.03. The number of hydrogen-bond donors (Lipinski definition) is 1. The monoisotopic (exact) mass is 239 g/mol. The first-order chi connectivity index (χ1) is 8.25. The van der Waals surface area contributed by atoms with E-state index in [1.807, 2.05) is 0 Å². The maximum atomic E-state index is 3.81. The van der Waals surface area contributed by atoms with Gasteiger partial charge in [0.1, 0.15) is 0 Å². The Labute approximate surface area is 107 Å². The van der Waals surface area contributed by atoms with Crippen LogP contribution >= 0.6 is 0 Å². The molecule has 2 aliphatic heterocycles. The molecule has 2 fully saturated rings. The molecular formula is C14H29N3. The van der Waals surface area contributed by atoms with E-state index >= 15 is 0 Å². The summed E-state index contributed by atoms with van der Waals surface area (Å²) < 4.78 is 0. The van der Waals surface area contributed by atoms with Gasteiger partial charge in [-0.05, 0) is 65.8 Å². The van der Waals surface area contributed by atoms with Crippen LogP contribution in [0.3, 0.4) is 0 Å². The quantitative estimate of drug-likeness (QED) is 0.806. The fraction of sp³-hybridized carbons (Fsp3) is 1.00. The molecule has 0 aromatic carbocycles. The van der Waals surface area contributed by atoms with Crippen molar-refractivity contribution in [1.29, 1.82) is 0 Å². The van der Waals surface area contributed by atoms with Gasteiger partial charge in [-0.3, -0.25) is 0 Å². The van der Waals surface area contributed by atoms with Gasteiger partial charge in [0.25, 0.3) is 0 Å². The van der Waals surface area contributed by atoms with Gasteiger partial charge < -0.3 is 15.1 Å². The van der Waals surface area contributed by atoms with E-state index in [4.69, 9.17) is 0 Å². The van der Waals surface area contributed by atoms with Crippen molar-refractivity contribution in [2.45, 2.75) is 50.6 Å². The van der Waals surface area contributed by atoms with Crippen LogP contribution in [0.25, 0.3) is 0 Å². The molecule has 0 aromatic rings. The minimum absolute atomic E-state index is 0.760. The van der Waals surface area contributed by atoms with E-state index in [-0.39, 0.29) is 0 Å². The SMILES string of the molecule is CN1CCCC(NCC2CCCCN2C)CC1. The highest BCUT2D eigenvalue weighted by atomic mass is 15.2. The second kappa shape index (κ2) is 6.72. The van der Waals surface area contributed by atoms with E-state index in [0.717, 1.165) is 12.1 Å². The van der Waals surface area contributed by atoms with Gasteiger partial charge >= 0.3 is 0 Å². The molecule has 2 aliphatic rings. The molecule has 0 saturated carbocycles. The van der Waals surface area contributed by atoms with Gasteiger partial charge in [-0.25, -0.2) is 0 Å². The highest BCUT2D eigenvalue weighted by molar-refractivity contribution is 4.80. The first kappa shape index (κ1) is 13.3. The van der Waals surface area contributed by atoms with Crippen molar-refractivity contribution >= 4 is 0 Å². The molecule has 3 nitrogen and oxygen atoms in total. The molecule has 0 spiro atoms.